The summed E-state index contributed by atoms with van der Waals surface area (Å²) in [4.78, 5) is 19.2. The van der Waals surface area contributed by atoms with Gasteiger partial charge < -0.3 is 14.8 Å². The van der Waals surface area contributed by atoms with E-state index in [2.05, 4.69) is 10.3 Å². The Bertz CT molecular complexity index is 545. The van der Waals surface area contributed by atoms with Crippen molar-refractivity contribution < 1.29 is 18.0 Å². The Hall–Kier alpha value is -1.77. The summed E-state index contributed by atoms with van der Waals surface area (Å²) >= 11 is 0. The van der Waals surface area contributed by atoms with Crippen LogP contribution in [0.3, 0.4) is 0 Å². The number of aryl methyl sites for hydroxylation is 2. The molecule has 136 valence electrons. The van der Waals surface area contributed by atoms with Gasteiger partial charge in [-0.3, -0.25) is 4.90 Å². The van der Waals surface area contributed by atoms with Crippen LogP contribution in [0.5, 0.6) is 0 Å². The Labute approximate surface area is 139 Å². The number of carbonyl (C=O) groups is 1. The monoisotopic (exact) mass is 347 g/mol. The van der Waals surface area contributed by atoms with Crippen LogP contribution >= 0.6 is 0 Å². The van der Waals surface area contributed by atoms with Crippen LogP contribution < -0.4 is 5.32 Å². The molecule has 1 fully saturated rings. The third-order valence-corrected chi connectivity index (χ3v) is 4.21. The molecule has 0 aromatic carbocycles. The van der Waals surface area contributed by atoms with Crippen LogP contribution in [0.2, 0.25) is 0 Å². The summed E-state index contributed by atoms with van der Waals surface area (Å²) in [5, 5.41) is 2.83. The number of nitrogens with zero attached hydrogens (tertiary/aromatic N) is 4. The lowest BCUT2D eigenvalue weighted by Crippen LogP contribution is -2.57. The Morgan fingerprint density at radius 2 is 2.17 bits per heavy atom. The maximum absolute atomic E-state index is 12.5. The van der Waals surface area contributed by atoms with Crippen molar-refractivity contribution in [1.82, 2.24) is 24.7 Å². The van der Waals surface area contributed by atoms with Crippen molar-refractivity contribution in [1.29, 1.82) is 0 Å². The maximum atomic E-state index is 12.5. The first kappa shape index (κ1) is 18.6. The second-order valence-corrected chi connectivity index (χ2v) is 6.13. The van der Waals surface area contributed by atoms with E-state index < -0.39 is 12.7 Å². The number of hydrogen-bond donors (Lipinski definition) is 1. The van der Waals surface area contributed by atoms with Crippen molar-refractivity contribution in [2.24, 2.45) is 0 Å². The van der Waals surface area contributed by atoms with Gasteiger partial charge in [0, 0.05) is 51.2 Å². The number of urea groups is 1. The van der Waals surface area contributed by atoms with Crippen LogP contribution in [0.4, 0.5) is 18.0 Å². The van der Waals surface area contributed by atoms with E-state index in [1.54, 1.807) is 18.0 Å². The van der Waals surface area contributed by atoms with Crippen molar-refractivity contribution in [2.75, 3.05) is 32.7 Å². The molecule has 0 aliphatic carbocycles. The number of piperazine rings is 1. The lowest BCUT2D eigenvalue weighted by atomic mass is 10.2. The summed E-state index contributed by atoms with van der Waals surface area (Å²) in [5.74, 6) is 0.927. The Morgan fingerprint density at radius 1 is 1.42 bits per heavy atom. The zero-order valence-corrected chi connectivity index (χ0v) is 14.0. The van der Waals surface area contributed by atoms with E-state index in [1.807, 2.05) is 17.7 Å². The van der Waals surface area contributed by atoms with Gasteiger partial charge in [-0.2, -0.15) is 13.2 Å². The SMILES string of the molecule is Cc1nccn1CCCNC(=O)N1CCN(CC(F)(F)F)[C@@H](C)C1. The summed E-state index contributed by atoms with van der Waals surface area (Å²) in [7, 11) is 0. The number of carbonyl (C=O) groups excluding carboxylic acids is 1. The molecule has 2 rings (SSSR count). The van der Waals surface area contributed by atoms with Crippen molar-refractivity contribution >= 4 is 6.03 Å². The van der Waals surface area contributed by atoms with Gasteiger partial charge >= 0.3 is 12.2 Å². The molecule has 1 saturated heterocycles. The van der Waals surface area contributed by atoms with Gasteiger partial charge in [0.25, 0.3) is 0 Å². The fourth-order valence-electron chi connectivity index (χ4n) is 2.84. The van der Waals surface area contributed by atoms with Crippen molar-refractivity contribution in [2.45, 2.75) is 39.0 Å². The number of alkyl halides is 3. The average molecular weight is 347 g/mol. The smallest absolute Gasteiger partial charge is 0.338 e. The van der Waals surface area contributed by atoms with Gasteiger partial charge in [-0.1, -0.05) is 0 Å². The molecule has 1 aliphatic heterocycles. The third kappa shape index (κ3) is 5.40. The molecular weight excluding hydrogens is 323 g/mol. The summed E-state index contributed by atoms with van der Waals surface area (Å²) in [6.45, 7) is 4.86. The highest BCUT2D eigenvalue weighted by Gasteiger charge is 2.35. The lowest BCUT2D eigenvalue weighted by molar-refractivity contribution is -0.153. The minimum Gasteiger partial charge on any atom is -0.338 e. The second kappa shape index (κ2) is 7.87. The number of rotatable bonds is 5. The van der Waals surface area contributed by atoms with Crippen LogP contribution in [0.15, 0.2) is 12.4 Å². The Kier molecular flexibility index (Phi) is 6.09. The van der Waals surface area contributed by atoms with E-state index in [1.165, 1.54) is 4.90 Å². The van der Waals surface area contributed by atoms with Gasteiger partial charge in [0.05, 0.1) is 6.54 Å². The highest BCUT2D eigenvalue weighted by atomic mass is 19.4. The van der Waals surface area contributed by atoms with E-state index in [9.17, 15) is 18.0 Å². The number of nitrogens with one attached hydrogen (secondary N) is 1. The van der Waals surface area contributed by atoms with Gasteiger partial charge in [-0.15, -0.1) is 0 Å². The van der Waals surface area contributed by atoms with E-state index in [0.29, 0.717) is 19.6 Å². The first-order valence-corrected chi connectivity index (χ1v) is 8.07. The van der Waals surface area contributed by atoms with Gasteiger partial charge in [-0.25, -0.2) is 9.78 Å². The molecule has 0 saturated carbocycles. The number of imidazole rings is 1. The van der Waals surface area contributed by atoms with Gasteiger partial charge in [0.15, 0.2) is 0 Å². The van der Waals surface area contributed by atoms with E-state index >= 15 is 0 Å². The van der Waals surface area contributed by atoms with E-state index in [-0.39, 0.29) is 18.6 Å². The zero-order valence-electron chi connectivity index (χ0n) is 14.0. The maximum Gasteiger partial charge on any atom is 0.401 e. The molecule has 0 radical (unpaired) electrons. The normalized spacial score (nSPS) is 19.5. The number of amides is 2. The number of hydrogen-bond acceptors (Lipinski definition) is 3. The molecule has 1 aromatic heterocycles. The third-order valence-electron chi connectivity index (χ3n) is 4.21. The molecule has 1 N–H and O–H groups in total. The van der Waals surface area contributed by atoms with Crippen molar-refractivity contribution in [3.8, 4) is 0 Å². The predicted molar refractivity (Wildman–Crippen MR) is 83.6 cm³/mol. The molecule has 0 bridgehead atoms. The summed E-state index contributed by atoms with van der Waals surface area (Å²) < 4.78 is 39.4. The Balaban J connectivity index is 1.69. The predicted octanol–water partition coefficient (Wildman–Crippen LogP) is 1.86. The number of aromatic nitrogens is 2. The van der Waals surface area contributed by atoms with Crippen LogP contribution in [0.1, 0.15) is 19.2 Å². The van der Waals surface area contributed by atoms with Crippen LogP contribution in [0.25, 0.3) is 0 Å². The topological polar surface area (TPSA) is 53.4 Å². The minimum absolute atomic E-state index is 0.212. The van der Waals surface area contributed by atoms with Crippen LogP contribution in [-0.4, -0.2) is 70.3 Å². The molecule has 0 unspecified atom stereocenters. The quantitative estimate of drug-likeness (QED) is 0.828. The van der Waals surface area contributed by atoms with E-state index in [4.69, 9.17) is 0 Å². The lowest BCUT2D eigenvalue weighted by Gasteiger charge is -2.39. The average Bonchev–Trinajstić information content (AvgIpc) is 2.89. The minimum atomic E-state index is -4.20. The largest absolute Gasteiger partial charge is 0.401 e. The van der Waals surface area contributed by atoms with E-state index in [0.717, 1.165) is 18.8 Å². The molecule has 0 spiro atoms. The molecule has 6 nitrogen and oxygen atoms in total. The van der Waals surface area contributed by atoms with Crippen molar-refractivity contribution in [3.63, 3.8) is 0 Å². The first-order valence-electron chi connectivity index (χ1n) is 8.07. The standard InChI is InChI=1S/C15H24F3N5O/c1-12-10-22(8-9-23(12)11-15(16,17)18)14(24)20-4-3-6-21-7-5-19-13(21)2/h5,7,12H,3-4,6,8-11H2,1-2H3,(H,20,24)/t12-/m0/s1. The first-order chi connectivity index (χ1) is 11.3. The van der Waals surface area contributed by atoms with Crippen LogP contribution in [-0.2, 0) is 6.54 Å². The fraction of sp³-hybridized carbons (Fsp3) is 0.733. The molecule has 1 aromatic rings. The van der Waals surface area contributed by atoms with Gasteiger partial charge in [0.1, 0.15) is 5.82 Å². The van der Waals surface area contributed by atoms with Gasteiger partial charge in [0.2, 0.25) is 0 Å². The Morgan fingerprint density at radius 3 is 2.75 bits per heavy atom. The summed E-state index contributed by atoms with van der Waals surface area (Å²) in [6.07, 6.45) is 0.186. The molecule has 1 aliphatic rings. The molecule has 2 amide bonds. The van der Waals surface area contributed by atoms with Crippen molar-refractivity contribution in [3.05, 3.63) is 18.2 Å². The zero-order chi connectivity index (χ0) is 17.7. The summed E-state index contributed by atoms with van der Waals surface area (Å²) in [6, 6.07) is -0.518. The molecule has 1 atom stereocenters. The molecule has 9 heteroatoms. The highest BCUT2D eigenvalue weighted by molar-refractivity contribution is 5.74. The van der Waals surface area contributed by atoms with Gasteiger partial charge in [-0.05, 0) is 20.3 Å². The molecule has 24 heavy (non-hydrogen) atoms. The second-order valence-electron chi connectivity index (χ2n) is 6.13. The number of halogens is 3. The molecule has 2 heterocycles. The highest BCUT2D eigenvalue weighted by Crippen LogP contribution is 2.20. The molecular formula is C15H24F3N5O. The van der Waals surface area contributed by atoms with Crippen LogP contribution in [0, 0.1) is 6.92 Å². The fourth-order valence-corrected chi connectivity index (χ4v) is 2.84. The summed E-state index contributed by atoms with van der Waals surface area (Å²) in [5.41, 5.74) is 0.